The maximum absolute atomic E-state index is 13.0. The second kappa shape index (κ2) is 8.64. The molecule has 0 radical (unpaired) electrons. The van der Waals surface area contributed by atoms with Crippen molar-refractivity contribution >= 4 is 17.4 Å². The van der Waals surface area contributed by atoms with Gasteiger partial charge in [-0.2, -0.15) is 0 Å². The molecule has 0 saturated carbocycles. The smallest absolute Gasteiger partial charge is 0.320 e. The number of rotatable bonds is 3. The molecule has 2 fully saturated rings. The average Bonchev–Trinajstić information content (AvgIpc) is 2.79. The van der Waals surface area contributed by atoms with E-state index in [9.17, 15) is 4.79 Å². The summed E-state index contributed by atoms with van der Waals surface area (Å²) in [6.07, 6.45) is 0. The van der Waals surface area contributed by atoms with E-state index in [1.54, 1.807) is 7.11 Å². The number of anilines is 2. The number of hydrogen-bond donors (Lipinski definition) is 0. The predicted molar refractivity (Wildman–Crippen MR) is 117 cm³/mol. The van der Waals surface area contributed by atoms with Crippen molar-refractivity contribution in [1.29, 1.82) is 0 Å². The number of carbonyl (C=O) groups is 1. The summed E-state index contributed by atoms with van der Waals surface area (Å²) < 4.78 is 5.49. The zero-order valence-corrected chi connectivity index (χ0v) is 17.4. The number of para-hydroxylation sites is 2. The molecule has 2 saturated heterocycles. The van der Waals surface area contributed by atoms with E-state index in [1.807, 2.05) is 28.0 Å². The normalized spacial score (nSPS) is 17.4. The number of nitrogens with zero attached hydrogens (tertiary/aromatic N) is 4. The van der Waals surface area contributed by atoms with E-state index in [0.29, 0.717) is 0 Å². The Morgan fingerprint density at radius 3 is 2.03 bits per heavy atom. The topological polar surface area (TPSA) is 39.3 Å². The van der Waals surface area contributed by atoms with Crippen molar-refractivity contribution in [1.82, 2.24) is 9.80 Å². The minimum atomic E-state index is 0.175. The van der Waals surface area contributed by atoms with E-state index in [2.05, 4.69) is 47.1 Å². The van der Waals surface area contributed by atoms with Gasteiger partial charge in [0, 0.05) is 58.0 Å². The summed E-state index contributed by atoms with van der Waals surface area (Å²) in [4.78, 5) is 21.7. The SMILES string of the molecule is COc1ccccc1N1CCN(C(=O)N2CCN(c3cccc(C)c3)CC2)CC1. The molecule has 2 heterocycles. The van der Waals surface area contributed by atoms with E-state index in [4.69, 9.17) is 4.74 Å². The van der Waals surface area contributed by atoms with E-state index in [0.717, 1.165) is 63.8 Å². The molecule has 2 aliphatic rings. The lowest BCUT2D eigenvalue weighted by atomic mass is 10.2. The largest absolute Gasteiger partial charge is 0.495 e. The van der Waals surface area contributed by atoms with Gasteiger partial charge in [0.2, 0.25) is 0 Å². The number of piperazine rings is 2. The number of hydrogen-bond acceptors (Lipinski definition) is 4. The summed E-state index contributed by atoms with van der Waals surface area (Å²) in [5.41, 5.74) is 3.63. The van der Waals surface area contributed by atoms with Crippen LogP contribution in [-0.4, -0.2) is 75.3 Å². The van der Waals surface area contributed by atoms with E-state index >= 15 is 0 Å². The van der Waals surface area contributed by atoms with Gasteiger partial charge in [0.1, 0.15) is 5.75 Å². The van der Waals surface area contributed by atoms with Crippen LogP contribution in [0.3, 0.4) is 0 Å². The van der Waals surface area contributed by atoms with Crippen LogP contribution in [-0.2, 0) is 0 Å². The highest BCUT2D eigenvalue weighted by atomic mass is 16.5. The molecule has 2 aromatic rings. The third kappa shape index (κ3) is 4.26. The van der Waals surface area contributed by atoms with Gasteiger partial charge in [-0.1, -0.05) is 24.3 Å². The molecule has 0 spiro atoms. The number of amides is 2. The predicted octanol–water partition coefficient (Wildman–Crippen LogP) is 3.07. The number of urea groups is 1. The van der Waals surface area contributed by atoms with Crippen LogP contribution in [0.25, 0.3) is 0 Å². The molecular formula is C23H30N4O2. The number of aryl methyl sites for hydroxylation is 1. The van der Waals surface area contributed by atoms with Crippen LogP contribution in [0.2, 0.25) is 0 Å². The summed E-state index contributed by atoms with van der Waals surface area (Å²) in [7, 11) is 1.70. The maximum atomic E-state index is 13.0. The lowest BCUT2D eigenvalue weighted by molar-refractivity contribution is 0.147. The van der Waals surface area contributed by atoms with Gasteiger partial charge in [0.15, 0.2) is 0 Å². The zero-order chi connectivity index (χ0) is 20.2. The molecular weight excluding hydrogens is 364 g/mol. The first-order valence-electron chi connectivity index (χ1n) is 10.4. The molecule has 0 atom stereocenters. The number of methoxy groups -OCH3 is 1. The molecule has 2 amide bonds. The second-order valence-electron chi connectivity index (χ2n) is 7.74. The highest BCUT2D eigenvalue weighted by molar-refractivity contribution is 5.75. The van der Waals surface area contributed by atoms with Gasteiger partial charge in [-0.15, -0.1) is 0 Å². The van der Waals surface area contributed by atoms with Crippen LogP contribution < -0.4 is 14.5 Å². The van der Waals surface area contributed by atoms with Crippen molar-refractivity contribution in [3.05, 3.63) is 54.1 Å². The fraction of sp³-hybridized carbons (Fsp3) is 0.435. The Morgan fingerprint density at radius 2 is 1.41 bits per heavy atom. The molecule has 0 N–H and O–H groups in total. The van der Waals surface area contributed by atoms with Crippen LogP contribution in [0, 0.1) is 6.92 Å². The van der Waals surface area contributed by atoms with Gasteiger partial charge < -0.3 is 24.3 Å². The third-order valence-corrected chi connectivity index (χ3v) is 5.89. The number of ether oxygens (including phenoxy) is 1. The van der Waals surface area contributed by atoms with Crippen molar-refractivity contribution in [2.24, 2.45) is 0 Å². The highest BCUT2D eigenvalue weighted by Crippen LogP contribution is 2.28. The van der Waals surface area contributed by atoms with Gasteiger partial charge in [0.25, 0.3) is 0 Å². The minimum Gasteiger partial charge on any atom is -0.495 e. The van der Waals surface area contributed by atoms with Crippen molar-refractivity contribution in [2.45, 2.75) is 6.92 Å². The zero-order valence-electron chi connectivity index (χ0n) is 17.4. The lowest BCUT2D eigenvalue weighted by Gasteiger charge is -2.41. The monoisotopic (exact) mass is 394 g/mol. The quantitative estimate of drug-likeness (QED) is 0.802. The standard InChI is InChI=1S/C23H30N4O2/c1-19-6-5-7-20(18-19)24-10-14-26(15-11-24)23(28)27-16-12-25(13-17-27)21-8-3-4-9-22(21)29-2/h3-9,18H,10-17H2,1-2H3. The minimum absolute atomic E-state index is 0.175. The molecule has 154 valence electrons. The molecule has 6 nitrogen and oxygen atoms in total. The summed E-state index contributed by atoms with van der Waals surface area (Å²) in [6.45, 7) is 8.59. The van der Waals surface area contributed by atoms with Crippen LogP contribution in [0.5, 0.6) is 5.75 Å². The van der Waals surface area contributed by atoms with Crippen LogP contribution >= 0.6 is 0 Å². The highest BCUT2D eigenvalue weighted by Gasteiger charge is 2.28. The van der Waals surface area contributed by atoms with Crippen molar-refractivity contribution in [2.75, 3.05) is 69.3 Å². The van der Waals surface area contributed by atoms with Crippen molar-refractivity contribution < 1.29 is 9.53 Å². The molecule has 0 aliphatic carbocycles. The van der Waals surface area contributed by atoms with Gasteiger partial charge in [-0.3, -0.25) is 0 Å². The Bertz CT molecular complexity index is 840. The lowest BCUT2D eigenvalue weighted by Crippen LogP contribution is -2.57. The summed E-state index contributed by atoms with van der Waals surface area (Å²) in [5.74, 6) is 0.888. The second-order valence-corrected chi connectivity index (χ2v) is 7.74. The summed E-state index contributed by atoms with van der Waals surface area (Å²) in [6, 6.07) is 16.9. The van der Waals surface area contributed by atoms with E-state index in [1.165, 1.54) is 11.3 Å². The first kappa shape index (κ1) is 19.4. The van der Waals surface area contributed by atoms with Gasteiger partial charge in [-0.25, -0.2) is 4.79 Å². The summed E-state index contributed by atoms with van der Waals surface area (Å²) >= 11 is 0. The van der Waals surface area contributed by atoms with Crippen LogP contribution in [0.4, 0.5) is 16.2 Å². The molecule has 0 unspecified atom stereocenters. The van der Waals surface area contributed by atoms with E-state index in [-0.39, 0.29) is 6.03 Å². The Balaban J connectivity index is 1.30. The molecule has 2 aliphatic heterocycles. The first-order chi connectivity index (χ1) is 14.2. The van der Waals surface area contributed by atoms with Crippen LogP contribution in [0.1, 0.15) is 5.56 Å². The van der Waals surface area contributed by atoms with Crippen molar-refractivity contribution in [3.8, 4) is 5.75 Å². The van der Waals surface area contributed by atoms with Crippen LogP contribution in [0.15, 0.2) is 48.5 Å². The number of benzene rings is 2. The molecule has 2 aromatic carbocycles. The molecule has 29 heavy (non-hydrogen) atoms. The third-order valence-electron chi connectivity index (χ3n) is 5.89. The first-order valence-corrected chi connectivity index (χ1v) is 10.4. The molecule has 0 bridgehead atoms. The Hall–Kier alpha value is -2.89. The number of carbonyl (C=O) groups excluding carboxylic acids is 1. The van der Waals surface area contributed by atoms with Gasteiger partial charge >= 0.3 is 6.03 Å². The average molecular weight is 395 g/mol. The van der Waals surface area contributed by atoms with E-state index < -0.39 is 0 Å². The van der Waals surface area contributed by atoms with Gasteiger partial charge in [-0.05, 0) is 36.8 Å². The van der Waals surface area contributed by atoms with Crippen molar-refractivity contribution in [3.63, 3.8) is 0 Å². The molecule has 6 heteroatoms. The Morgan fingerprint density at radius 1 is 0.793 bits per heavy atom. The van der Waals surface area contributed by atoms with Gasteiger partial charge in [0.05, 0.1) is 12.8 Å². The Labute approximate surface area is 173 Å². The molecule has 0 aromatic heterocycles. The summed E-state index contributed by atoms with van der Waals surface area (Å²) in [5, 5.41) is 0. The fourth-order valence-electron chi connectivity index (χ4n) is 4.21. The maximum Gasteiger partial charge on any atom is 0.320 e. The fourth-order valence-corrected chi connectivity index (χ4v) is 4.21. The molecule has 4 rings (SSSR count). The Kier molecular flexibility index (Phi) is 5.79.